The minimum absolute atomic E-state index is 0.250. The van der Waals surface area contributed by atoms with Gasteiger partial charge in [0.05, 0.1) is 12.1 Å². The molecule has 0 aliphatic rings. The number of aromatic nitrogens is 1. The summed E-state index contributed by atoms with van der Waals surface area (Å²) >= 11 is 0. The van der Waals surface area contributed by atoms with E-state index in [1.165, 1.54) is 0 Å². The maximum Gasteiger partial charge on any atom is 0.319 e. The molecule has 2 aromatic carbocycles. The van der Waals surface area contributed by atoms with E-state index in [0.717, 1.165) is 22.3 Å². The Hall–Kier alpha value is -3.52. The van der Waals surface area contributed by atoms with Gasteiger partial charge in [-0.1, -0.05) is 36.1 Å². The Morgan fingerprint density at radius 3 is 2.80 bits per heavy atom. The second-order valence-corrected chi connectivity index (χ2v) is 5.17. The van der Waals surface area contributed by atoms with Gasteiger partial charge < -0.3 is 15.4 Å². The highest BCUT2D eigenvalue weighted by atomic mass is 16.5. The number of hydrogen-bond acceptors (Lipinski definition) is 3. The molecule has 5 heteroatoms. The molecule has 0 radical (unpaired) electrons. The van der Waals surface area contributed by atoms with Gasteiger partial charge >= 0.3 is 6.03 Å². The van der Waals surface area contributed by atoms with E-state index < -0.39 is 0 Å². The van der Waals surface area contributed by atoms with Crippen LogP contribution in [-0.4, -0.2) is 24.2 Å². The maximum atomic E-state index is 11.7. The van der Waals surface area contributed by atoms with Gasteiger partial charge in [-0.3, -0.25) is 4.98 Å². The molecule has 124 valence electrons. The van der Waals surface area contributed by atoms with Crippen molar-refractivity contribution < 1.29 is 9.53 Å². The summed E-state index contributed by atoms with van der Waals surface area (Å²) in [7, 11) is 0. The first-order chi connectivity index (χ1) is 12.3. The first-order valence-corrected chi connectivity index (χ1v) is 7.84. The highest BCUT2D eigenvalue weighted by Gasteiger charge is 1.98. The molecule has 2 N–H and O–H groups in total. The summed E-state index contributed by atoms with van der Waals surface area (Å²) in [6.45, 7) is 0.502. The van der Waals surface area contributed by atoms with Gasteiger partial charge in [-0.05, 0) is 30.3 Å². The minimum Gasteiger partial charge on any atom is -0.481 e. The smallest absolute Gasteiger partial charge is 0.319 e. The first-order valence-electron chi connectivity index (χ1n) is 7.84. The topological polar surface area (TPSA) is 63.2 Å². The fourth-order valence-corrected chi connectivity index (χ4v) is 2.19. The Labute approximate surface area is 146 Å². The Morgan fingerprint density at radius 1 is 1.04 bits per heavy atom. The van der Waals surface area contributed by atoms with Gasteiger partial charge in [0.25, 0.3) is 0 Å². The third-order valence-corrected chi connectivity index (χ3v) is 3.38. The molecule has 2 amide bonds. The Kier molecular flexibility index (Phi) is 5.47. The highest BCUT2D eigenvalue weighted by Crippen LogP contribution is 2.18. The zero-order valence-electron chi connectivity index (χ0n) is 13.5. The van der Waals surface area contributed by atoms with Crippen LogP contribution in [0.4, 0.5) is 10.5 Å². The number of anilines is 1. The molecule has 0 unspecified atom stereocenters. The predicted molar refractivity (Wildman–Crippen MR) is 98.5 cm³/mol. The summed E-state index contributed by atoms with van der Waals surface area (Å²) in [4.78, 5) is 15.9. The number of pyridine rings is 1. The van der Waals surface area contributed by atoms with Crippen LogP contribution in [0.15, 0.2) is 66.9 Å². The van der Waals surface area contributed by atoms with Crippen molar-refractivity contribution in [2.24, 2.45) is 0 Å². The van der Waals surface area contributed by atoms with Crippen LogP contribution in [0.1, 0.15) is 0 Å². The quantitative estimate of drug-likeness (QED) is 0.720. The van der Waals surface area contributed by atoms with Crippen LogP contribution in [0, 0.1) is 11.8 Å². The van der Waals surface area contributed by atoms with Crippen LogP contribution in [-0.2, 0) is 0 Å². The summed E-state index contributed by atoms with van der Waals surface area (Å²) in [5.41, 5.74) is 1.62. The van der Waals surface area contributed by atoms with Crippen LogP contribution in [0.3, 0.4) is 0 Å². The first kappa shape index (κ1) is 16.3. The van der Waals surface area contributed by atoms with Crippen LogP contribution < -0.4 is 15.4 Å². The van der Waals surface area contributed by atoms with E-state index in [0.29, 0.717) is 0 Å². The van der Waals surface area contributed by atoms with E-state index in [4.69, 9.17) is 4.74 Å². The second kappa shape index (κ2) is 8.37. The van der Waals surface area contributed by atoms with Gasteiger partial charge in [-0.2, -0.15) is 0 Å². The SMILES string of the molecule is O=C(NCC#CCOc1ccc2cccnc2c1)Nc1ccccc1. The lowest BCUT2D eigenvalue weighted by Crippen LogP contribution is -2.28. The van der Waals surface area contributed by atoms with Crippen LogP contribution in [0.5, 0.6) is 5.75 Å². The molecule has 25 heavy (non-hydrogen) atoms. The van der Waals surface area contributed by atoms with Crippen molar-refractivity contribution >= 4 is 22.6 Å². The van der Waals surface area contributed by atoms with Crippen molar-refractivity contribution in [3.8, 4) is 17.6 Å². The average Bonchev–Trinajstić information content (AvgIpc) is 2.65. The molecule has 5 nitrogen and oxygen atoms in total. The number of hydrogen-bond donors (Lipinski definition) is 2. The molecule has 3 aromatic rings. The number of benzene rings is 2. The molecular formula is C20H17N3O2. The standard InChI is InChI=1S/C20H17N3O2/c24-20(23-17-8-2-1-3-9-17)22-12-4-5-14-25-18-11-10-16-7-6-13-21-19(16)15-18/h1-3,6-11,13,15H,12,14H2,(H2,22,23,24). The van der Waals surface area contributed by atoms with E-state index in [1.807, 2.05) is 60.7 Å². The van der Waals surface area contributed by atoms with Gasteiger partial charge in [0.15, 0.2) is 0 Å². The molecule has 0 atom stereocenters. The van der Waals surface area contributed by atoms with Gasteiger partial charge in [0, 0.05) is 23.3 Å². The molecule has 3 rings (SSSR count). The summed E-state index contributed by atoms with van der Waals surface area (Å²) in [6.07, 6.45) is 1.75. The monoisotopic (exact) mass is 331 g/mol. The van der Waals surface area contributed by atoms with Crippen LogP contribution >= 0.6 is 0 Å². The van der Waals surface area contributed by atoms with Crippen LogP contribution in [0.2, 0.25) is 0 Å². The number of fused-ring (bicyclic) bond motifs is 1. The summed E-state index contributed by atoms with van der Waals surface area (Å²) in [5.74, 6) is 6.43. The molecule has 0 spiro atoms. The lowest BCUT2D eigenvalue weighted by atomic mass is 10.2. The predicted octanol–water partition coefficient (Wildman–Crippen LogP) is 3.44. The molecule has 0 aliphatic carbocycles. The summed E-state index contributed by atoms with van der Waals surface area (Å²) in [5, 5.41) is 6.45. The highest BCUT2D eigenvalue weighted by molar-refractivity contribution is 5.89. The number of para-hydroxylation sites is 1. The molecule has 1 heterocycles. The van der Waals surface area contributed by atoms with Gasteiger partial charge in [0.1, 0.15) is 12.4 Å². The van der Waals surface area contributed by atoms with E-state index in [1.54, 1.807) is 6.20 Å². The average molecular weight is 331 g/mol. The number of rotatable bonds is 4. The van der Waals surface area contributed by atoms with Crippen molar-refractivity contribution in [2.45, 2.75) is 0 Å². The molecular weight excluding hydrogens is 314 g/mol. The van der Waals surface area contributed by atoms with Gasteiger partial charge in [-0.15, -0.1) is 0 Å². The lowest BCUT2D eigenvalue weighted by molar-refractivity contribution is 0.253. The van der Waals surface area contributed by atoms with Crippen molar-refractivity contribution in [2.75, 3.05) is 18.5 Å². The number of nitrogens with zero attached hydrogens (tertiary/aromatic N) is 1. The number of carbonyl (C=O) groups excluding carboxylic acids is 1. The van der Waals surface area contributed by atoms with E-state index in [-0.39, 0.29) is 19.2 Å². The Balaban J connectivity index is 1.41. The van der Waals surface area contributed by atoms with Gasteiger partial charge in [0.2, 0.25) is 0 Å². The molecule has 0 bridgehead atoms. The fourth-order valence-electron chi connectivity index (χ4n) is 2.19. The normalized spacial score (nSPS) is 9.76. The fraction of sp³-hybridized carbons (Fsp3) is 0.100. The molecule has 0 saturated carbocycles. The Morgan fingerprint density at radius 2 is 1.92 bits per heavy atom. The lowest BCUT2D eigenvalue weighted by Gasteiger charge is -2.04. The van der Waals surface area contributed by atoms with Crippen molar-refractivity contribution in [3.63, 3.8) is 0 Å². The summed E-state index contributed by atoms with van der Waals surface area (Å²) in [6, 6.07) is 18.6. The zero-order chi connectivity index (χ0) is 17.3. The zero-order valence-corrected chi connectivity index (χ0v) is 13.5. The van der Waals surface area contributed by atoms with Gasteiger partial charge in [-0.25, -0.2) is 4.79 Å². The number of amides is 2. The largest absolute Gasteiger partial charge is 0.481 e. The minimum atomic E-state index is -0.290. The summed E-state index contributed by atoms with van der Waals surface area (Å²) < 4.78 is 5.57. The number of nitrogens with one attached hydrogen (secondary N) is 2. The van der Waals surface area contributed by atoms with Crippen molar-refractivity contribution in [3.05, 3.63) is 66.9 Å². The molecule has 0 aliphatic heterocycles. The van der Waals surface area contributed by atoms with E-state index in [9.17, 15) is 4.79 Å². The second-order valence-electron chi connectivity index (χ2n) is 5.17. The number of ether oxygens (including phenoxy) is 1. The third-order valence-electron chi connectivity index (χ3n) is 3.38. The maximum absolute atomic E-state index is 11.7. The number of urea groups is 1. The van der Waals surface area contributed by atoms with E-state index >= 15 is 0 Å². The molecule has 1 aromatic heterocycles. The Bertz CT molecular complexity index is 914. The third kappa shape index (κ3) is 4.98. The van der Waals surface area contributed by atoms with Crippen molar-refractivity contribution in [1.29, 1.82) is 0 Å². The van der Waals surface area contributed by atoms with Crippen LogP contribution in [0.25, 0.3) is 10.9 Å². The van der Waals surface area contributed by atoms with E-state index in [2.05, 4.69) is 27.5 Å². The number of carbonyl (C=O) groups is 1. The van der Waals surface area contributed by atoms with Crippen molar-refractivity contribution in [1.82, 2.24) is 10.3 Å². The molecule has 0 fully saturated rings. The molecule has 0 saturated heterocycles.